The lowest BCUT2D eigenvalue weighted by atomic mass is 10.2. The number of hydrogen-bond donors (Lipinski definition) is 0. The fraction of sp³-hybridized carbons (Fsp3) is 0.312. The van der Waals surface area contributed by atoms with E-state index in [-0.39, 0.29) is 22.7 Å². The zero-order chi connectivity index (χ0) is 18.9. The minimum atomic E-state index is -3.44. The third kappa shape index (κ3) is 3.61. The van der Waals surface area contributed by atoms with E-state index in [0.29, 0.717) is 5.01 Å². The smallest absolute Gasteiger partial charge is 0.329 e. The van der Waals surface area contributed by atoms with Crippen LogP contribution in [-0.2, 0) is 19.4 Å². The van der Waals surface area contributed by atoms with Crippen LogP contribution in [0.4, 0.5) is 4.39 Å². The number of carbonyl (C=O) groups excluding carboxylic acids is 2. The highest BCUT2D eigenvalue weighted by Gasteiger charge is 2.40. The molecule has 0 radical (unpaired) electrons. The lowest BCUT2D eigenvalue weighted by Crippen LogP contribution is -2.55. The molecule has 1 aromatic heterocycles. The Morgan fingerprint density at radius 3 is 2.77 bits per heavy atom. The van der Waals surface area contributed by atoms with Gasteiger partial charge in [-0.2, -0.15) is 0 Å². The topological polar surface area (TPSA) is 93.6 Å². The van der Waals surface area contributed by atoms with Crippen molar-refractivity contribution in [3.63, 3.8) is 0 Å². The summed E-state index contributed by atoms with van der Waals surface area (Å²) in [6.45, 7) is -0.117. The fourth-order valence-corrected chi connectivity index (χ4v) is 4.99. The van der Waals surface area contributed by atoms with Crippen molar-refractivity contribution in [3.05, 3.63) is 41.2 Å². The van der Waals surface area contributed by atoms with Crippen LogP contribution < -0.4 is 0 Å². The fourth-order valence-electron chi connectivity index (χ4n) is 2.66. The Labute approximate surface area is 153 Å². The van der Waals surface area contributed by atoms with Crippen molar-refractivity contribution in [1.29, 1.82) is 0 Å². The lowest BCUT2D eigenvalue weighted by molar-refractivity contribution is -0.145. The van der Waals surface area contributed by atoms with Crippen molar-refractivity contribution in [2.75, 3.05) is 25.2 Å². The minimum Gasteiger partial charge on any atom is -0.467 e. The Morgan fingerprint density at radius 2 is 2.08 bits per heavy atom. The molecule has 7 nitrogen and oxygen atoms in total. The number of aromatic nitrogens is 1. The van der Waals surface area contributed by atoms with E-state index in [9.17, 15) is 22.4 Å². The average Bonchev–Trinajstić information content (AvgIpc) is 3.10. The number of thiazole rings is 1. The SMILES string of the molecule is COC(=O)C1CS(=O)(=O)CCN1C(=O)c1cnc(-c2ccccc2F)s1. The van der Waals surface area contributed by atoms with Crippen molar-refractivity contribution in [2.24, 2.45) is 0 Å². The Bertz CT molecular complexity index is 957. The molecule has 1 fully saturated rings. The van der Waals surface area contributed by atoms with Gasteiger partial charge in [0.05, 0.1) is 24.8 Å². The molecule has 1 unspecified atom stereocenters. The van der Waals surface area contributed by atoms with Crippen molar-refractivity contribution in [3.8, 4) is 10.6 Å². The molecular formula is C16H15FN2O5S2. The maximum absolute atomic E-state index is 13.9. The zero-order valence-electron chi connectivity index (χ0n) is 13.7. The van der Waals surface area contributed by atoms with Crippen LogP contribution in [0.2, 0.25) is 0 Å². The largest absolute Gasteiger partial charge is 0.467 e. The maximum Gasteiger partial charge on any atom is 0.329 e. The number of ether oxygens (including phenoxy) is 1. The molecule has 2 aromatic rings. The number of sulfone groups is 1. The summed E-state index contributed by atoms with van der Waals surface area (Å²) in [6.07, 6.45) is 1.30. The number of benzene rings is 1. The first kappa shape index (κ1) is 18.5. The van der Waals surface area contributed by atoms with Gasteiger partial charge in [-0.25, -0.2) is 22.6 Å². The molecule has 0 aliphatic carbocycles. The second-order valence-electron chi connectivity index (χ2n) is 5.66. The van der Waals surface area contributed by atoms with E-state index in [4.69, 9.17) is 0 Å². The van der Waals surface area contributed by atoms with E-state index in [0.717, 1.165) is 18.4 Å². The van der Waals surface area contributed by atoms with Gasteiger partial charge >= 0.3 is 5.97 Å². The van der Waals surface area contributed by atoms with Crippen LogP contribution in [0.1, 0.15) is 9.67 Å². The van der Waals surface area contributed by atoms with Crippen LogP contribution in [0.5, 0.6) is 0 Å². The molecule has 0 saturated carbocycles. The van der Waals surface area contributed by atoms with Crippen molar-refractivity contribution in [1.82, 2.24) is 9.88 Å². The molecule has 1 saturated heterocycles. The summed E-state index contributed by atoms with van der Waals surface area (Å²) in [5.41, 5.74) is 0.266. The number of hydrogen-bond acceptors (Lipinski definition) is 7. The molecule has 1 amide bonds. The summed E-state index contributed by atoms with van der Waals surface area (Å²) in [7, 11) is -2.30. The van der Waals surface area contributed by atoms with Crippen LogP contribution in [0, 0.1) is 5.82 Å². The molecule has 1 aliphatic heterocycles. The number of rotatable bonds is 3. The van der Waals surface area contributed by atoms with Gasteiger partial charge in [-0.1, -0.05) is 12.1 Å². The third-order valence-electron chi connectivity index (χ3n) is 3.99. The van der Waals surface area contributed by atoms with Gasteiger partial charge in [0.25, 0.3) is 5.91 Å². The van der Waals surface area contributed by atoms with Gasteiger partial charge in [-0.15, -0.1) is 11.3 Å². The van der Waals surface area contributed by atoms with Gasteiger partial charge in [0.1, 0.15) is 21.7 Å². The highest BCUT2D eigenvalue weighted by molar-refractivity contribution is 7.91. The Morgan fingerprint density at radius 1 is 1.35 bits per heavy atom. The average molecular weight is 398 g/mol. The number of amides is 1. The molecule has 1 aliphatic rings. The minimum absolute atomic E-state index is 0.117. The summed E-state index contributed by atoms with van der Waals surface area (Å²) in [6, 6.07) is 4.84. The second-order valence-corrected chi connectivity index (χ2v) is 8.92. The van der Waals surface area contributed by atoms with Gasteiger partial charge < -0.3 is 9.64 Å². The lowest BCUT2D eigenvalue weighted by Gasteiger charge is -2.33. The van der Waals surface area contributed by atoms with Crippen LogP contribution in [0.3, 0.4) is 0 Å². The van der Waals surface area contributed by atoms with Crippen molar-refractivity contribution >= 4 is 33.1 Å². The molecule has 0 bridgehead atoms. The van der Waals surface area contributed by atoms with Crippen LogP contribution in [-0.4, -0.2) is 61.4 Å². The first-order valence-corrected chi connectivity index (χ1v) is 10.3. The zero-order valence-corrected chi connectivity index (χ0v) is 15.3. The van der Waals surface area contributed by atoms with Crippen LogP contribution in [0.15, 0.2) is 30.5 Å². The molecule has 0 N–H and O–H groups in total. The Hall–Kier alpha value is -2.33. The second kappa shape index (κ2) is 7.12. The van der Waals surface area contributed by atoms with Gasteiger partial charge in [0.2, 0.25) is 0 Å². The van der Waals surface area contributed by atoms with Gasteiger partial charge in [0.15, 0.2) is 9.84 Å². The van der Waals surface area contributed by atoms with E-state index in [2.05, 4.69) is 9.72 Å². The Balaban J connectivity index is 1.89. The van der Waals surface area contributed by atoms with Crippen molar-refractivity contribution in [2.45, 2.75) is 6.04 Å². The first-order chi connectivity index (χ1) is 12.3. The number of methoxy groups -OCH3 is 1. The molecule has 2 heterocycles. The highest BCUT2D eigenvalue weighted by Crippen LogP contribution is 2.29. The number of nitrogens with zero attached hydrogens (tertiary/aromatic N) is 2. The van der Waals surface area contributed by atoms with E-state index in [1.807, 2.05) is 0 Å². The van der Waals surface area contributed by atoms with Crippen LogP contribution >= 0.6 is 11.3 Å². The van der Waals surface area contributed by atoms with E-state index in [1.165, 1.54) is 17.2 Å². The number of carbonyl (C=O) groups is 2. The molecular weight excluding hydrogens is 383 g/mol. The molecule has 138 valence electrons. The number of esters is 1. The third-order valence-corrected chi connectivity index (χ3v) is 6.63. The molecule has 26 heavy (non-hydrogen) atoms. The van der Waals surface area contributed by atoms with Crippen LogP contribution in [0.25, 0.3) is 10.6 Å². The standard InChI is InChI=1S/C16H15FN2O5S2/c1-24-16(21)12-9-26(22,23)7-6-19(12)15(20)13-8-18-14(25-13)10-4-2-3-5-11(10)17/h2-5,8,12H,6-7,9H2,1H3. The summed E-state index contributed by atoms with van der Waals surface area (Å²) >= 11 is 0.979. The van der Waals surface area contributed by atoms with E-state index >= 15 is 0 Å². The van der Waals surface area contributed by atoms with E-state index in [1.54, 1.807) is 18.2 Å². The normalized spacial score (nSPS) is 19.2. The summed E-state index contributed by atoms with van der Waals surface area (Å²) in [5, 5.41) is 0.325. The predicted molar refractivity (Wildman–Crippen MR) is 93.0 cm³/mol. The molecule has 1 aromatic carbocycles. The highest BCUT2D eigenvalue weighted by atomic mass is 32.2. The van der Waals surface area contributed by atoms with Gasteiger partial charge in [0, 0.05) is 12.1 Å². The van der Waals surface area contributed by atoms with Gasteiger partial charge in [-0.3, -0.25) is 4.79 Å². The summed E-state index contributed by atoms with van der Waals surface area (Å²) < 4.78 is 42.1. The monoisotopic (exact) mass is 398 g/mol. The predicted octanol–water partition coefficient (Wildman–Crippen LogP) is 1.36. The summed E-state index contributed by atoms with van der Waals surface area (Å²) in [4.78, 5) is 30.1. The Kier molecular flexibility index (Phi) is 5.05. The maximum atomic E-state index is 13.9. The molecule has 1 atom stereocenters. The molecule has 0 spiro atoms. The van der Waals surface area contributed by atoms with Gasteiger partial charge in [-0.05, 0) is 12.1 Å². The molecule has 3 rings (SSSR count). The first-order valence-electron chi connectivity index (χ1n) is 7.62. The van der Waals surface area contributed by atoms with Crippen molar-refractivity contribution < 1.29 is 27.1 Å². The number of halogens is 1. The summed E-state index contributed by atoms with van der Waals surface area (Å²) in [5.74, 6) is -2.50. The quantitative estimate of drug-likeness (QED) is 0.725. The molecule has 10 heteroatoms. The van der Waals surface area contributed by atoms with E-state index < -0.39 is 39.3 Å².